The highest BCUT2D eigenvalue weighted by atomic mass is 16.6. The number of carbonyl (C=O) groups is 2. The minimum absolute atomic E-state index is 0.0217. The predicted molar refractivity (Wildman–Crippen MR) is 92.6 cm³/mol. The molecule has 1 saturated carbocycles. The Morgan fingerprint density at radius 3 is 2.60 bits per heavy atom. The molecule has 6 nitrogen and oxygen atoms in total. The van der Waals surface area contributed by atoms with Crippen molar-refractivity contribution >= 4 is 11.8 Å². The molecule has 0 bridgehead atoms. The highest BCUT2D eigenvalue weighted by Gasteiger charge is 2.39. The Morgan fingerprint density at radius 1 is 1.36 bits per heavy atom. The lowest BCUT2D eigenvalue weighted by Gasteiger charge is -2.27. The van der Waals surface area contributed by atoms with E-state index in [2.05, 4.69) is 0 Å². The van der Waals surface area contributed by atoms with Crippen molar-refractivity contribution in [2.45, 2.75) is 45.4 Å². The number of ether oxygens (including phenoxy) is 1. The largest absolute Gasteiger partial charge is 0.463 e. The molecule has 1 fully saturated rings. The van der Waals surface area contributed by atoms with E-state index in [1.807, 2.05) is 19.1 Å². The van der Waals surface area contributed by atoms with Crippen molar-refractivity contribution in [1.82, 2.24) is 0 Å². The van der Waals surface area contributed by atoms with Gasteiger partial charge in [-0.1, -0.05) is 36.2 Å². The fourth-order valence-corrected chi connectivity index (χ4v) is 3.31. The van der Waals surface area contributed by atoms with Gasteiger partial charge in [-0.2, -0.15) is 0 Å². The smallest absolute Gasteiger partial charge is 0.337 e. The summed E-state index contributed by atoms with van der Waals surface area (Å²) in [6.45, 7) is 3.70. The first-order valence-electron chi connectivity index (χ1n) is 8.56. The first-order chi connectivity index (χ1) is 11.9. The molecule has 0 aliphatic heterocycles. The van der Waals surface area contributed by atoms with Gasteiger partial charge in [0.15, 0.2) is 0 Å². The maximum absolute atomic E-state index is 12.4. The van der Waals surface area contributed by atoms with Crippen molar-refractivity contribution in [2.24, 2.45) is 5.92 Å². The average Bonchev–Trinajstić information content (AvgIpc) is 2.57. The van der Waals surface area contributed by atoms with Gasteiger partial charge < -0.3 is 4.74 Å². The van der Waals surface area contributed by atoms with Crippen molar-refractivity contribution in [1.29, 1.82) is 0 Å². The van der Waals surface area contributed by atoms with Crippen LogP contribution in [-0.2, 0) is 14.3 Å². The maximum atomic E-state index is 12.4. The molecular formula is C19H23NO5. The van der Waals surface area contributed by atoms with Gasteiger partial charge in [0.2, 0.25) is 0 Å². The van der Waals surface area contributed by atoms with Gasteiger partial charge in [0, 0.05) is 12.3 Å². The topological polar surface area (TPSA) is 86.5 Å². The summed E-state index contributed by atoms with van der Waals surface area (Å²) in [5.41, 5.74) is 1.43. The van der Waals surface area contributed by atoms with Crippen LogP contribution in [-0.4, -0.2) is 23.3 Å². The van der Waals surface area contributed by atoms with E-state index in [9.17, 15) is 19.7 Å². The summed E-state index contributed by atoms with van der Waals surface area (Å²) in [7, 11) is 0. The van der Waals surface area contributed by atoms with Crippen LogP contribution in [0.3, 0.4) is 0 Å². The molecule has 0 saturated heterocycles. The van der Waals surface area contributed by atoms with E-state index in [0.717, 1.165) is 24.5 Å². The molecule has 1 aromatic rings. The third-order valence-electron chi connectivity index (χ3n) is 4.52. The SMILES string of the molecule is CCOC(=O)/C=C(/[C@@H](c1ccc(C)cc1)[C@@H]1CCCCC1=O)[N+](=O)[O-]. The Labute approximate surface area is 147 Å². The third-order valence-corrected chi connectivity index (χ3v) is 4.52. The van der Waals surface area contributed by atoms with Gasteiger partial charge >= 0.3 is 5.97 Å². The monoisotopic (exact) mass is 345 g/mol. The number of carbonyl (C=O) groups excluding carboxylic acids is 2. The number of esters is 1. The van der Waals surface area contributed by atoms with Crippen molar-refractivity contribution in [3.05, 3.63) is 57.3 Å². The van der Waals surface area contributed by atoms with Gasteiger partial charge in [0.25, 0.3) is 5.70 Å². The van der Waals surface area contributed by atoms with E-state index in [-0.39, 0.29) is 18.1 Å². The van der Waals surface area contributed by atoms with Crippen molar-refractivity contribution < 1.29 is 19.2 Å². The van der Waals surface area contributed by atoms with Crippen LogP contribution in [0.25, 0.3) is 0 Å². The molecule has 1 aliphatic carbocycles. The number of allylic oxidation sites excluding steroid dienone is 1. The Kier molecular flexibility index (Phi) is 6.44. The van der Waals surface area contributed by atoms with Crippen LogP contribution in [0.15, 0.2) is 36.0 Å². The Bertz CT molecular complexity index is 678. The second-order valence-electron chi connectivity index (χ2n) is 6.29. The molecule has 0 heterocycles. The summed E-state index contributed by atoms with van der Waals surface area (Å²) in [6.07, 6.45) is 3.60. The van der Waals surface area contributed by atoms with Gasteiger partial charge in [-0.15, -0.1) is 0 Å². The van der Waals surface area contributed by atoms with E-state index < -0.39 is 22.7 Å². The van der Waals surface area contributed by atoms with Crippen molar-refractivity contribution in [3.8, 4) is 0 Å². The molecule has 25 heavy (non-hydrogen) atoms. The number of nitro groups is 1. The Hall–Kier alpha value is -2.50. The maximum Gasteiger partial charge on any atom is 0.337 e. The van der Waals surface area contributed by atoms with Crippen molar-refractivity contribution in [2.75, 3.05) is 6.61 Å². The molecule has 1 aliphatic rings. The minimum atomic E-state index is -0.755. The van der Waals surface area contributed by atoms with E-state index >= 15 is 0 Å². The number of hydrogen-bond donors (Lipinski definition) is 0. The lowest BCUT2D eigenvalue weighted by Crippen LogP contribution is -2.29. The van der Waals surface area contributed by atoms with E-state index in [0.29, 0.717) is 18.4 Å². The standard InChI is InChI=1S/C19H23NO5/c1-3-25-18(22)12-16(20(23)24)19(14-10-8-13(2)9-11-14)15-6-4-5-7-17(15)21/h8-12,15,19H,3-7H2,1-2H3/b16-12-/t15-,19+/m1/s1. The first kappa shape index (κ1) is 18.8. The number of aryl methyl sites for hydroxylation is 1. The molecule has 0 aromatic heterocycles. The highest BCUT2D eigenvalue weighted by Crippen LogP contribution is 2.39. The second-order valence-corrected chi connectivity index (χ2v) is 6.29. The average molecular weight is 345 g/mol. The number of benzene rings is 1. The fourth-order valence-electron chi connectivity index (χ4n) is 3.31. The normalized spacial score (nSPS) is 19.4. The molecule has 0 spiro atoms. The zero-order valence-electron chi connectivity index (χ0n) is 14.6. The number of nitrogens with zero attached hydrogens (tertiary/aromatic N) is 1. The summed E-state index contributed by atoms with van der Waals surface area (Å²) in [4.78, 5) is 35.4. The summed E-state index contributed by atoms with van der Waals surface area (Å²) >= 11 is 0. The fraction of sp³-hybridized carbons (Fsp3) is 0.474. The Balaban J connectivity index is 2.51. The van der Waals surface area contributed by atoms with Crippen LogP contribution in [0.1, 0.15) is 49.7 Å². The molecule has 2 atom stereocenters. The quantitative estimate of drug-likeness (QED) is 0.340. The molecule has 1 aromatic carbocycles. The number of Topliss-reactive ketones (excluding diaryl/α,β-unsaturated/α-hetero) is 1. The lowest BCUT2D eigenvalue weighted by atomic mass is 9.74. The van der Waals surface area contributed by atoms with E-state index in [1.165, 1.54) is 0 Å². The predicted octanol–water partition coefficient (Wildman–Crippen LogP) is 3.56. The first-order valence-corrected chi connectivity index (χ1v) is 8.56. The zero-order valence-corrected chi connectivity index (χ0v) is 14.6. The second kappa shape index (κ2) is 8.55. The van der Waals surface area contributed by atoms with Gasteiger partial charge in [0.1, 0.15) is 5.78 Å². The zero-order chi connectivity index (χ0) is 18.4. The summed E-state index contributed by atoms with van der Waals surface area (Å²) in [5, 5.41) is 11.7. The molecule has 0 unspecified atom stereocenters. The number of hydrogen-bond acceptors (Lipinski definition) is 5. The molecule has 0 radical (unpaired) electrons. The Morgan fingerprint density at radius 2 is 2.04 bits per heavy atom. The van der Waals surface area contributed by atoms with Crippen LogP contribution in [0.4, 0.5) is 0 Å². The number of rotatable bonds is 6. The summed E-state index contributed by atoms with van der Waals surface area (Å²) in [6, 6.07) is 7.31. The van der Waals surface area contributed by atoms with Crippen LogP contribution >= 0.6 is 0 Å². The summed E-state index contributed by atoms with van der Waals surface area (Å²) in [5.74, 6) is -1.96. The summed E-state index contributed by atoms with van der Waals surface area (Å²) < 4.78 is 4.84. The highest BCUT2D eigenvalue weighted by molar-refractivity contribution is 5.85. The van der Waals surface area contributed by atoms with Crippen LogP contribution < -0.4 is 0 Å². The van der Waals surface area contributed by atoms with Gasteiger partial charge in [0.05, 0.1) is 23.5 Å². The van der Waals surface area contributed by atoms with E-state index in [1.54, 1.807) is 19.1 Å². The van der Waals surface area contributed by atoms with Crippen LogP contribution in [0.2, 0.25) is 0 Å². The molecule has 0 amide bonds. The molecule has 0 N–H and O–H groups in total. The van der Waals surface area contributed by atoms with Crippen LogP contribution in [0.5, 0.6) is 0 Å². The molecule has 2 rings (SSSR count). The number of ketones is 1. The van der Waals surface area contributed by atoms with Gasteiger partial charge in [-0.3, -0.25) is 14.9 Å². The molecule has 134 valence electrons. The molecular weight excluding hydrogens is 322 g/mol. The van der Waals surface area contributed by atoms with Crippen molar-refractivity contribution in [3.63, 3.8) is 0 Å². The molecule has 6 heteroatoms. The van der Waals surface area contributed by atoms with Gasteiger partial charge in [-0.05, 0) is 32.3 Å². The van der Waals surface area contributed by atoms with E-state index in [4.69, 9.17) is 4.74 Å². The third kappa shape index (κ3) is 4.75. The van der Waals surface area contributed by atoms with Crippen LogP contribution in [0, 0.1) is 23.0 Å². The van der Waals surface area contributed by atoms with Gasteiger partial charge in [-0.25, -0.2) is 4.79 Å². The lowest BCUT2D eigenvalue weighted by molar-refractivity contribution is -0.431. The minimum Gasteiger partial charge on any atom is -0.463 e.